The number of nitrogens with one attached hydrogen (secondary N) is 1. The molecule has 3 aromatic rings. The number of carbonyl (C=O) groups excluding carboxylic acids is 2. The monoisotopic (exact) mass is 435 g/mol. The molecule has 152 valence electrons. The molecule has 0 aliphatic carbocycles. The van der Waals surface area contributed by atoms with Crippen LogP contribution in [-0.2, 0) is 9.59 Å². The molecule has 1 aliphatic heterocycles. The molecule has 0 aromatic heterocycles. The zero-order valence-corrected chi connectivity index (χ0v) is 16.5. The highest BCUT2D eigenvalue weighted by Gasteiger charge is 2.40. The van der Waals surface area contributed by atoms with Gasteiger partial charge in [0.15, 0.2) is 11.6 Å². The van der Waals surface area contributed by atoms with Gasteiger partial charge in [0, 0.05) is 16.8 Å². The van der Waals surface area contributed by atoms with Gasteiger partial charge in [-0.15, -0.1) is 0 Å². The minimum absolute atomic E-state index is 0.0516. The SMILES string of the molecule is N#Cc1ccc(N2C(=O)C(Nc3ccc(F)c(F)c3)=C(c3ccc(Cl)cc3)C2=O)cc1. The van der Waals surface area contributed by atoms with E-state index in [9.17, 15) is 18.4 Å². The lowest BCUT2D eigenvalue weighted by Gasteiger charge is -2.15. The van der Waals surface area contributed by atoms with Gasteiger partial charge in [-0.25, -0.2) is 13.7 Å². The Labute approximate surface area is 180 Å². The Morgan fingerprint density at radius 3 is 2.16 bits per heavy atom. The number of nitrogens with zero attached hydrogens (tertiary/aromatic N) is 2. The van der Waals surface area contributed by atoms with E-state index in [0.717, 1.165) is 17.0 Å². The molecule has 0 spiro atoms. The van der Waals surface area contributed by atoms with Crippen molar-refractivity contribution >= 4 is 40.4 Å². The topological polar surface area (TPSA) is 73.2 Å². The van der Waals surface area contributed by atoms with E-state index in [0.29, 0.717) is 16.1 Å². The van der Waals surface area contributed by atoms with Crippen LogP contribution in [0.5, 0.6) is 0 Å². The van der Waals surface area contributed by atoms with E-state index >= 15 is 0 Å². The molecular weight excluding hydrogens is 424 g/mol. The normalized spacial score (nSPS) is 13.5. The summed E-state index contributed by atoms with van der Waals surface area (Å²) in [5, 5.41) is 12.2. The first kappa shape index (κ1) is 20.3. The first-order valence-electron chi connectivity index (χ1n) is 9.00. The summed E-state index contributed by atoms with van der Waals surface area (Å²) in [6, 6.07) is 17.3. The number of benzene rings is 3. The van der Waals surface area contributed by atoms with Crippen molar-refractivity contribution in [2.24, 2.45) is 0 Å². The van der Waals surface area contributed by atoms with Crippen LogP contribution in [-0.4, -0.2) is 11.8 Å². The standard InChI is InChI=1S/C23H12ClF2N3O2/c24-15-5-3-14(4-6-15)20-21(28-16-7-10-18(25)19(26)11-16)23(31)29(22(20)30)17-8-1-13(12-27)2-9-17/h1-11,28H. The summed E-state index contributed by atoms with van der Waals surface area (Å²) in [5.74, 6) is -3.42. The Morgan fingerprint density at radius 1 is 0.871 bits per heavy atom. The molecule has 1 heterocycles. The molecular formula is C23H12ClF2N3O2. The highest BCUT2D eigenvalue weighted by atomic mass is 35.5. The third-order valence-corrected chi connectivity index (χ3v) is 4.91. The zero-order valence-electron chi connectivity index (χ0n) is 15.7. The minimum Gasteiger partial charge on any atom is -0.350 e. The van der Waals surface area contributed by atoms with Crippen molar-refractivity contribution in [3.8, 4) is 6.07 Å². The van der Waals surface area contributed by atoms with Crippen molar-refractivity contribution < 1.29 is 18.4 Å². The minimum atomic E-state index is -1.10. The van der Waals surface area contributed by atoms with E-state index in [1.54, 1.807) is 24.3 Å². The summed E-state index contributed by atoms with van der Waals surface area (Å²) in [4.78, 5) is 27.4. The van der Waals surface area contributed by atoms with Crippen LogP contribution < -0.4 is 10.2 Å². The van der Waals surface area contributed by atoms with Gasteiger partial charge in [0.05, 0.1) is 22.9 Å². The Hall–Kier alpha value is -4.02. The second-order valence-electron chi connectivity index (χ2n) is 6.62. The van der Waals surface area contributed by atoms with Crippen LogP contribution in [0.2, 0.25) is 5.02 Å². The second-order valence-corrected chi connectivity index (χ2v) is 7.05. The lowest BCUT2D eigenvalue weighted by atomic mass is 10.0. The van der Waals surface area contributed by atoms with Crippen LogP contribution in [0.15, 0.2) is 72.4 Å². The Morgan fingerprint density at radius 2 is 1.55 bits per heavy atom. The number of amides is 2. The fraction of sp³-hybridized carbons (Fsp3) is 0. The van der Waals surface area contributed by atoms with Crippen molar-refractivity contribution in [2.45, 2.75) is 0 Å². The quantitative estimate of drug-likeness (QED) is 0.592. The third-order valence-electron chi connectivity index (χ3n) is 4.66. The molecule has 2 amide bonds. The van der Waals surface area contributed by atoms with E-state index < -0.39 is 23.4 Å². The number of hydrogen-bond donors (Lipinski definition) is 1. The molecule has 4 rings (SSSR count). The van der Waals surface area contributed by atoms with Crippen molar-refractivity contribution in [1.29, 1.82) is 5.26 Å². The summed E-state index contributed by atoms with van der Waals surface area (Å²) in [6.07, 6.45) is 0. The van der Waals surface area contributed by atoms with Crippen LogP contribution in [0.4, 0.5) is 20.2 Å². The van der Waals surface area contributed by atoms with Gasteiger partial charge in [-0.3, -0.25) is 9.59 Å². The lowest BCUT2D eigenvalue weighted by molar-refractivity contribution is -0.120. The van der Waals surface area contributed by atoms with Gasteiger partial charge < -0.3 is 5.32 Å². The Bertz CT molecular complexity index is 1280. The number of halogens is 3. The summed E-state index contributed by atoms with van der Waals surface area (Å²) in [6.45, 7) is 0. The highest BCUT2D eigenvalue weighted by molar-refractivity contribution is 6.46. The molecule has 5 nitrogen and oxygen atoms in total. The number of anilines is 2. The average molecular weight is 436 g/mol. The van der Waals surface area contributed by atoms with E-state index in [2.05, 4.69) is 5.32 Å². The molecule has 0 unspecified atom stereocenters. The van der Waals surface area contributed by atoms with E-state index in [1.165, 1.54) is 30.3 Å². The molecule has 31 heavy (non-hydrogen) atoms. The van der Waals surface area contributed by atoms with Gasteiger partial charge in [-0.2, -0.15) is 5.26 Å². The summed E-state index contributed by atoms with van der Waals surface area (Å²) >= 11 is 5.94. The molecule has 0 saturated carbocycles. The highest BCUT2D eigenvalue weighted by Crippen LogP contribution is 2.34. The van der Waals surface area contributed by atoms with Crippen molar-refractivity contribution in [3.05, 3.63) is 100 Å². The van der Waals surface area contributed by atoms with Crippen LogP contribution in [0.1, 0.15) is 11.1 Å². The van der Waals surface area contributed by atoms with E-state index in [4.69, 9.17) is 16.9 Å². The summed E-state index contributed by atoms with van der Waals surface area (Å²) in [5.41, 5.74) is 1.11. The Balaban J connectivity index is 1.81. The van der Waals surface area contributed by atoms with Gasteiger partial charge in [-0.05, 0) is 54.1 Å². The molecule has 3 aromatic carbocycles. The Kier molecular flexibility index (Phi) is 5.24. The fourth-order valence-electron chi connectivity index (χ4n) is 3.17. The molecule has 1 aliphatic rings. The van der Waals surface area contributed by atoms with Gasteiger partial charge >= 0.3 is 0 Å². The van der Waals surface area contributed by atoms with Crippen LogP contribution in [0, 0.1) is 23.0 Å². The van der Waals surface area contributed by atoms with Crippen molar-refractivity contribution in [3.63, 3.8) is 0 Å². The predicted octanol–water partition coefficient (Wildman–Crippen LogP) is 4.89. The maximum Gasteiger partial charge on any atom is 0.282 e. The largest absolute Gasteiger partial charge is 0.350 e. The number of rotatable bonds is 4. The average Bonchev–Trinajstić information content (AvgIpc) is 3.01. The van der Waals surface area contributed by atoms with Crippen LogP contribution in [0.3, 0.4) is 0 Å². The van der Waals surface area contributed by atoms with Crippen molar-refractivity contribution in [2.75, 3.05) is 10.2 Å². The molecule has 0 radical (unpaired) electrons. The second kappa shape index (κ2) is 8.01. The lowest BCUT2D eigenvalue weighted by Crippen LogP contribution is -2.32. The van der Waals surface area contributed by atoms with Gasteiger partial charge in [0.1, 0.15) is 5.70 Å². The van der Waals surface area contributed by atoms with Gasteiger partial charge in [-0.1, -0.05) is 23.7 Å². The summed E-state index contributed by atoms with van der Waals surface area (Å²) < 4.78 is 27.0. The van der Waals surface area contributed by atoms with E-state index in [1.807, 2.05) is 6.07 Å². The molecule has 0 fully saturated rings. The summed E-state index contributed by atoms with van der Waals surface area (Å²) in [7, 11) is 0. The van der Waals surface area contributed by atoms with Crippen molar-refractivity contribution in [1.82, 2.24) is 0 Å². The number of hydrogen-bond acceptors (Lipinski definition) is 4. The molecule has 0 bridgehead atoms. The predicted molar refractivity (Wildman–Crippen MR) is 112 cm³/mol. The molecule has 1 N–H and O–H groups in total. The third kappa shape index (κ3) is 3.77. The first-order valence-corrected chi connectivity index (χ1v) is 9.38. The maximum atomic E-state index is 13.7. The number of imide groups is 1. The first-order chi connectivity index (χ1) is 14.9. The number of carbonyl (C=O) groups is 2. The maximum absolute atomic E-state index is 13.7. The molecule has 8 heteroatoms. The smallest absolute Gasteiger partial charge is 0.282 e. The fourth-order valence-corrected chi connectivity index (χ4v) is 3.29. The van der Waals surface area contributed by atoms with Gasteiger partial charge in [0.25, 0.3) is 11.8 Å². The molecule has 0 saturated heterocycles. The molecule has 0 atom stereocenters. The van der Waals surface area contributed by atoms with Gasteiger partial charge in [0.2, 0.25) is 0 Å². The number of nitriles is 1. The zero-order chi connectivity index (χ0) is 22.1. The van der Waals surface area contributed by atoms with Crippen LogP contribution >= 0.6 is 11.6 Å². The van der Waals surface area contributed by atoms with Crippen LogP contribution in [0.25, 0.3) is 5.57 Å². The van der Waals surface area contributed by atoms with E-state index in [-0.39, 0.29) is 22.6 Å².